The van der Waals surface area contributed by atoms with Gasteiger partial charge in [0, 0.05) is 48.5 Å². The highest BCUT2D eigenvalue weighted by Gasteiger charge is 2.29. The smallest absolute Gasteiger partial charge is 0.259 e. The third-order valence-electron chi connectivity index (χ3n) is 6.27. The van der Waals surface area contributed by atoms with Gasteiger partial charge in [-0.1, -0.05) is 43.3 Å². The van der Waals surface area contributed by atoms with Crippen molar-refractivity contribution < 1.29 is 9.53 Å². The molecule has 160 valence electrons. The topological polar surface area (TPSA) is 60.5 Å². The summed E-state index contributed by atoms with van der Waals surface area (Å²) in [6, 6.07) is 14.7. The summed E-state index contributed by atoms with van der Waals surface area (Å²) in [5.41, 5.74) is 10.7. The Hall–Kier alpha value is -2.67. The SMILES string of the molecule is CCc1cccc2c(CN3CCOC(c4c(C(N)=O)sc5ccccc45)C3)cn(C)c12. The number of rotatable bonds is 5. The van der Waals surface area contributed by atoms with Gasteiger partial charge in [0.15, 0.2) is 0 Å². The van der Waals surface area contributed by atoms with Crippen molar-refractivity contribution in [3.05, 3.63) is 70.2 Å². The number of aryl methyl sites for hydroxylation is 2. The number of benzene rings is 2. The Bertz CT molecular complexity index is 1270. The Kier molecular flexibility index (Phi) is 5.30. The first-order valence-electron chi connectivity index (χ1n) is 10.8. The lowest BCUT2D eigenvalue weighted by Gasteiger charge is -2.33. The molecule has 1 aliphatic rings. The highest BCUT2D eigenvalue weighted by Crippen LogP contribution is 2.38. The number of carbonyl (C=O) groups excluding carboxylic acids is 1. The van der Waals surface area contributed by atoms with Crippen molar-refractivity contribution in [2.24, 2.45) is 12.8 Å². The minimum atomic E-state index is -0.377. The van der Waals surface area contributed by atoms with Crippen molar-refractivity contribution in [3.63, 3.8) is 0 Å². The third-order valence-corrected chi connectivity index (χ3v) is 7.47. The van der Waals surface area contributed by atoms with Crippen molar-refractivity contribution >= 4 is 38.2 Å². The number of primary amides is 1. The Morgan fingerprint density at radius 2 is 1.97 bits per heavy atom. The van der Waals surface area contributed by atoms with Gasteiger partial charge in [-0.05, 0) is 29.0 Å². The van der Waals surface area contributed by atoms with Gasteiger partial charge < -0.3 is 15.0 Å². The molecule has 5 nitrogen and oxygen atoms in total. The van der Waals surface area contributed by atoms with Gasteiger partial charge >= 0.3 is 0 Å². The fourth-order valence-electron chi connectivity index (χ4n) is 4.88. The highest BCUT2D eigenvalue weighted by molar-refractivity contribution is 7.21. The zero-order chi connectivity index (χ0) is 21.5. The first-order valence-corrected chi connectivity index (χ1v) is 11.6. The number of para-hydroxylation sites is 1. The molecule has 2 N–H and O–H groups in total. The number of amides is 1. The molecule has 0 radical (unpaired) electrons. The summed E-state index contributed by atoms with van der Waals surface area (Å²) in [6.07, 6.45) is 3.12. The normalized spacial score (nSPS) is 17.5. The van der Waals surface area contributed by atoms with Gasteiger partial charge in [0.2, 0.25) is 0 Å². The second kappa shape index (κ2) is 8.11. The Balaban J connectivity index is 1.46. The van der Waals surface area contributed by atoms with E-state index < -0.39 is 0 Å². The van der Waals surface area contributed by atoms with Crippen molar-refractivity contribution in [2.45, 2.75) is 26.0 Å². The molecule has 1 aliphatic heterocycles. The summed E-state index contributed by atoms with van der Waals surface area (Å²) in [5.74, 6) is -0.377. The van der Waals surface area contributed by atoms with E-state index in [1.165, 1.54) is 33.4 Å². The van der Waals surface area contributed by atoms with Crippen LogP contribution in [0.3, 0.4) is 0 Å². The van der Waals surface area contributed by atoms with Crippen LogP contribution in [-0.4, -0.2) is 35.1 Å². The van der Waals surface area contributed by atoms with E-state index >= 15 is 0 Å². The summed E-state index contributed by atoms with van der Waals surface area (Å²) < 4.78 is 9.50. The van der Waals surface area contributed by atoms with Crippen molar-refractivity contribution in [2.75, 3.05) is 19.7 Å². The van der Waals surface area contributed by atoms with Crippen LogP contribution in [0.2, 0.25) is 0 Å². The predicted octanol–water partition coefficient (Wildman–Crippen LogP) is 4.63. The molecule has 2 aromatic carbocycles. The van der Waals surface area contributed by atoms with Gasteiger partial charge in [-0.15, -0.1) is 11.3 Å². The summed E-state index contributed by atoms with van der Waals surface area (Å²) in [4.78, 5) is 15.2. The molecule has 5 rings (SSSR count). The summed E-state index contributed by atoms with van der Waals surface area (Å²) in [7, 11) is 2.13. The van der Waals surface area contributed by atoms with Gasteiger partial charge in [-0.2, -0.15) is 0 Å². The summed E-state index contributed by atoms with van der Waals surface area (Å²) >= 11 is 1.46. The van der Waals surface area contributed by atoms with E-state index in [-0.39, 0.29) is 12.0 Å². The number of morpholine rings is 1. The third kappa shape index (κ3) is 3.55. The average Bonchev–Trinajstić information content (AvgIpc) is 3.32. The van der Waals surface area contributed by atoms with E-state index in [0.29, 0.717) is 11.5 Å². The standard InChI is InChI=1S/C25H27N3O2S/c1-3-16-7-6-9-18-17(13-27(2)23(16)18)14-28-11-12-30-20(15-28)22-19-8-4-5-10-21(19)31-24(22)25(26)29/h4-10,13,20H,3,11-12,14-15H2,1-2H3,(H2,26,29). The van der Waals surface area contributed by atoms with Crippen LogP contribution in [0.25, 0.3) is 21.0 Å². The van der Waals surface area contributed by atoms with Gasteiger partial charge in [0.25, 0.3) is 5.91 Å². The van der Waals surface area contributed by atoms with Gasteiger partial charge in [-0.3, -0.25) is 9.69 Å². The zero-order valence-electron chi connectivity index (χ0n) is 17.9. The van der Waals surface area contributed by atoms with E-state index in [9.17, 15) is 4.79 Å². The molecule has 4 aromatic rings. The maximum absolute atomic E-state index is 12.2. The van der Waals surface area contributed by atoms with Crippen LogP contribution >= 0.6 is 11.3 Å². The summed E-state index contributed by atoms with van der Waals surface area (Å²) in [5, 5.41) is 2.40. The van der Waals surface area contributed by atoms with E-state index in [2.05, 4.69) is 53.9 Å². The second-order valence-corrected chi connectivity index (χ2v) is 9.28. The van der Waals surface area contributed by atoms with E-state index in [0.717, 1.165) is 41.7 Å². The molecular formula is C25H27N3O2S. The number of carbonyl (C=O) groups is 1. The van der Waals surface area contributed by atoms with E-state index in [4.69, 9.17) is 10.5 Å². The Labute approximate surface area is 186 Å². The molecule has 1 amide bonds. The Morgan fingerprint density at radius 1 is 1.16 bits per heavy atom. The van der Waals surface area contributed by atoms with Crippen LogP contribution in [0.1, 0.15) is 39.4 Å². The molecule has 3 heterocycles. The molecule has 31 heavy (non-hydrogen) atoms. The molecular weight excluding hydrogens is 406 g/mol. The molecule has 0 bridgehead atoms. The monoisotopic (exact) mass is 433 g/mol. The van der Waals surface area contributed by atoms with Crippen LogP contribution in [0.15, 0.2) is 48.7 Å². The molecule has 1 saturated heterocycles. The number of thiophene rings is 1. The first kappa shape index (κ1) is 20.2. The number of hydrogen-bond acceptors (Lipinski definition) is 4. The quantitative estimate of drug-likeness (QED) is 0.499. The zero-order valence-corrected chi connectivity index (χ0v) is 18.7. The molecule has 2 aromatic heterocycles. The molecule has 1 fully saturated rings. The maximum atomic E-state index is 12.2. The largest absolute Gasteiger partial charge is 0.371 e. The molecule has 0 spiro atoms. The van der Waals surface area contributed by atoms with Gasteiger partial charge in [0.1, 0.15) is 0 Å². The number of ether oxygens (including phenoxy) is 1. The fourth-order valence-corrected chi connectivity index (χ4v) is 5.98. The molecule has 1 atom stereocenters. The second-order valence-electron chi connectivity index (χ2n) is 8.23. The number of nitrogens with two attached hydrogens (primary N) is 1. The van der Waals surface area contributed by atoms with Crippen molar-refractivity contribution in [1.29, 1.82) is 0 Å². The van der Waals surface area contributed by atoms with Crippen molar-refractivity contribution in [1.82, 2.24) is 9.47 Å². The average molecular weight is 434 g/mol. The van der Waals surface area contributed by atoms with Crippen LogP contribution in [0, 0.1) is 0 Å². The van der Waals surface area contributed by atoms with Crippen LogP contribution in [0.4, 0.5) is 0 Å². The van der Waals surface area contributed by atoms with Gasteiger partial charge in [0.05, 0.1) is 23.1 Å². The lowest BCUT2D eigenvalue weighted by atomic mass is 10.0. The number of nitrogens with zero attached hydrogens (tertiary/aromatic N) is 2. The molecule has 0 saturated carbocycles. The lowest BCUT2D eigenvalue weighted by molar-refractivity contribution is -0.0321. The number of hydrogen-bond donors (Lipinski definition) is 1. The first-order chi connectivity index (χ1) is 15.1. The molecule has 1 unspecified atom stereocenters. The number of fused-ring (bicyclic) bond motifs is 2. The minimum Gasteiger partial charge on any atom is -0.371 e. The number of aromatic nitrogens is 1. The van der Waals surface area contributed by atoms with E-state index in [1.54, 1.807) is 0 Å². The molecule has 0 aliphatic carbocycles. The van der Waals surface area contributed by atoms with Crippen LogP contribution in [-0.2, 0) is 24.8 Å². The lowest BCUT2D eigenvalue weighted by Crippen LogP contribution is -2.38. The highest BCUT2D eigenvalue weighted by atomic mass is 32.1. The Morgan fingerprint density at radius 3 is 2.77 bits per heavy atom. The van der Waals surface area contributed by atoms with Gasteiger partial charge in [-0.25, -0.2) is 0 Å². The van der Waals surface area contributed by atoms with Crippen LogP contribution in [0.5, 0.6) is 0 Å². The maximum Gasteiger partial charge on any atom is 0.259 e. The van der Waals surface area contributed by atoms with Crippen LogP contribution < -0.4 is 5.73 Å². The van der Waals surface area contributed by atoms with E-state index in [1.807, 2.05) is 18.2 Å². The predicted molar refractivity (Wildman–Crippen MR) is 127 cm³/mol. The van der Waals surface area contributed by atoms with Crippen molar-refractivity contribution in [3.8, 4) is 0 Å². The molecule has 6 heteroatoms. The fraction of sp³-hybridized carbons (Fsp3) is 0.320. The minimum absolute atomic E-state index is 0.159. The summed E-state index contributed by atoms with van der Waals surface area (Å²) in [6.45, 7) is 5.31.